The van der Waals surface area contributed by atoms with Gasteiger partial charge in [0.2, 0.25) is 5.89 Å². The van der Waals surface area contributed by atoms with E-state index in [9.17, 15) is 4.79 Å². The van der Waals surface area contributed by atoms with Gasteiger partial charge in [-0.05, 0) is 70.7 Å². The summed E-state index contributed by atoms with van der Waals surface area (Å²) in [7, 11) is 0. The number of hydrogen-bond acceptors (Lipinski definition) is 6. The van der Waals surface area contributed by atoms with Crippen LogP contribution in [0.5, 0.6) is 0 Å². The highest BCUT2D eigenvalue weighted by atomic mass is 16.6. The van der Waals surface area contributed by atoms with Gasteiger partial charge in [-0.1, -0.05) is 18.2 Å². The molecule has 1 amide bonds. The van der Waals surface area contributed by atoms with Crippen molar-refractivity contribution in [1.29, 1.82) is 0 Å². The molecule has 1 aromatic heterocycles. The van der Waals surface area contributed by atoms with E-state index >= 15 is 0 Å². The lowest BCUT2D eigenvalue weighted by molar-refractivity contribution is -0.109. The van der Waals surface area contributed by atoms with Crippen LogP contribution in [-0.4, -0.2) is 70.9 Å². The third-order valence-electron chi connectivity index (χ3n) is 6.91. The number of aromatic nitrogens is 1. The Bertz CT molecular complexity index is 938. The van der Waals surface area contributed by atoms with E-state index in [-0.39, 0.29) is 11.7 Å². The highest BCUT2D eigenvalue weighted by molar-refractivity contribution is 5.69. The molecule has 1 atom stereocenters. The summed E-state index contributed by atoms with van der Waals surface area (Å²) in [6.45, 7) is 9.84. The predicted molar refractivity (Wildman–Crippen MR) is 120 cm³/mol. The number of amides is 1. The van der Waals surface area contributed by atoms with Gasteiger partial charge in [-0.2, -0.15) is 0 Å². The minimum absolute atomic E-state index is 0.185. The first-order valence-electron chi connectivity index (χ1n) is 11.7. The Labute approximate surface area is 189 Å². The standard InChI is InChI=1S/C25H33N3O4/c1-24(2,3)32-23(29)28-16-25(17-28)14-19(15-31-25)27-11-8-18(9-12-27)20-6-4-5-7-21(20)22-26-10-13-30-22/h4-7,10,13,18-19H,8-9,11-12,14-17H2,1-3H3/t19-/m0/s1. The second kappa shape index (κ2) is 8.19. The SMILES string of the molecule is CC(C)(C)OC(=O)N1CC2(C[C@H](N3CCC(c4ccccc4-c4ncco4)CC3)CO2)C1. The van der Waals surface area contributed by atoms with E-state index in [1.54, 1.807) is 17.4 Å². The smallest absolute Gasteiger partial charge is 0.410 e. The molecule has 3 fully saturated rings. The Hall–Kier alpha value is -2.38. The van der Waals surface area contributed by atoms with Gasteiger partial charge in [-0.15, -0.1) is 0 Å². The molecule has 4 heterocycles. The van der Waals surface area contributed by atoms with Crippen molar-refractivity contribution >= 4 is 6.09 Å². The summed E-state index contributed by atoms with van der Waals surface area (Å²) >= 11 is 0. The average Bonchev–Trinajstić information content (AvgIpc) is 3.42. The number of oxazole rings is 1. The summed E-state index contributed by atoms with van der Waals surface area (Å²) in [5.74, 6) is 1.21. The van der Waals surface area contributed by atoms with Crippen LogP contribution in [0.3, 0.4) is 0 Å². The maximum absolute atomic E-state index is 12.3. The van der Waals surface area contributed by atoms with Crippen LogP contribution in [0.4, 0.5) is 4.79 Å². The van der Waals surface area contributed by atoms with Crippen molar-refractivity contribution in [2.45, 2.75) is 63.2 Å². The fourth-order valence-electron chi connectivity index (χ4n) is 5.36. The molecule has 1 aromatic carbocycles. The molecular formula is C25H33N3O4. The second-order valence-electron chi connectivity index (χ2n) is 10.4. The van der Waals surface area contributed by atoms with Gasteiger partial charge >= 0.3 is 6.09 Å². The molecule has 0 radical (unpaired) electrons. The monoisotopic (exact) mass is 439 g/mol. The zero-order valence-electron chi connectivity index (χ0n) is 19.3. The molecule has 0 bridgehead atoms. The van der Waals surface area contributed by atoms with Crippen LogP contribution in [0.15, 0.2) is 41.1 Å². The molecule has 1 spiro atoms. The van der Waals surface area contributed by atoms with Crippen LogP contribution in [0.1, 0.15) is 51.5 Å². The molecule has 2 aromatic rings. The molecule has 0 unspecified atom stereocenters. The maximum atomic E-state index is 12.3. The lowest BCUT2D eigenvalue weighted by Gasteiger charge is -2.47. The molecule has 3 aliphatic rings. The molecule has 5 rings (SSSR count). The normalized spacial score (nSPS) is 24.0. The summed E-state index contributed by atoms with van der Waals surface area (Å²) in [4.78, 5) is 21.0. The summed E-state index contributed by atoms with van der Waals surface area (Å²) in [6, 6.07) is 8.91. The number of hydrogen-bond donors (Lipinski definition) is 0. The fourth-order valence-corrected chi connectivity index (χ4v) is 5.36. The lowest BCUT2D eigenvalue weighted by atomic mass is 9.85. The number of nitrogens with zero attached hydrogens (tertiary/aromatic N) is 3. The molecule has 172 valence electrons. The Morgan fingerprint density at radius 1 is 1.19 bits per heavy atom. The van der Waals surface area contributed by atoms with E-state index in [1.165, 1.54) is 5.56 Å². The molecule has 0 N–H and O–H groups in total. The van der Waals surface area contributed by atoms with E-state index in [0.29, 0.717) is 30.9 Å². The predicted octanol–water partition coefficient (Wildman–Crippen LogP) is 4.30. The summed E-state index contributed by atoms with van der Waals surface area (Å²) in [5.41, 5.74) is 1.79. The molecule has 3 saturated heterocycles. The number of piperidine rings is 1. The summed E-state index contributed by atoms with van der Waals surface area (Å²) < 4.78 is 17.3. The number of ether oxygens (including phenoxy) is 2. The van der Waals surface area contributed by atoms with Crippen LogP contribution in [0.2, 0.25) is 0 Å². The number of likely N-dealkylation sites (tertiary alicyclic amines) is 2. The third-order valence-corrected chi connectivity index (χ3v) is 6.91. The van der Waals surface area contributed by atoms with Crippen molar-refractivity contribution in [3.63, 3.8) is 0 Å². The van der Waals surface area contributed by atoms with Gasteiger partial charge in [0, 0.05) is 11.6 Å². The number of carbonyl (C=O) groups is 1. The van der Waals surface area contributed by atoms with Gasteiger partial charge in [0.25, 0.3) is 0 Å². The van der Waals surface area contributed by atoms with Crippen molar-refractivity contribution in [2.75, 3.05) is 32.8 Å². The molecule has 7 nitrogen and oxygen atoms in total. The zero-order valence-corrected chi connectivity index (χ0v) is 19.3. The van der Waals surface area contributed by atoms with E-state index in [2.05, 4.69) is 28.1 Å². The van der Waals surface area contributed by atoms with Gasteiger partial charge in [0.15, 0.2) is 0 Å². The first-order valence-corrected chi connectivity index (χ1v) is 11.7. The van der Waals surface area contributed by atoms with Gasteiger partial charge in [0.1, 0.15) is 17.5 Å². The Kier molecular flexibility index (Phi) is 5.50. The lowest BCUT2D eigenvalue weighted by Crippen LogP contribution is -2.64. The minimum Gasteiger partial charge on any atom is -0.445 e. The van der Waals surface area contributed by atoms with Crippen LogP contribution in [0, 0.1) is 0 Å². The molecule has 0 aliphatic carbocycles. The maximum Gasteiger partial charge on any atom is 0.410 e. The molecule has 0 saturated carbocycles. The van der Waals surface area contributed by atoms with Crippen LogP contribution >= 0.6 is 0 Å². The van der Waals surface area contributed by atoms with Crippen LogP contribution < -0.4 is 0 Å². The van der Waals surface area contributed by atoms with Crippen molar-refractivity contribution in [3.05, 3.63) is 42.3 Å². The molecule has 7 heteroatoms. The number of benzene rings is 1. The van der Waals surface area contributed by atoms with Gasteiger partial charge in [0.05, 0.1) is 25.9 Å². The first-order chi connectivity index (χ1) is 15.3. The molecule has 3 aliphatic heterocycles. The average molecular weight is 440 g/mol. The van der Waals surface area contributed by atoms with Crippen molar-refractivity contribution in [1.82, 2.24) is 14.8 Å². The van der Waals surface area contributed by atoms with E-state index in [4.69, 9.17) is 13.9 Å². The largest absolute Gasteiger partial charge is 0.445 e. The third kappa shape index (κ3) is 4.28. The summed E-state index contributed by atoms with van der Waals surface area (Å²) in [5, 5.41) is 0. The zero-order chi connectivity index (χ0) is 22.3. The van der Waals surface area contributed by atoms with E-state index in [1.807, 2.05) is 26.8 Å². The van der Waals surface area contributed by atoms with Gasteiger partial charge in [-0.3, -0.25) is 4.90 Å². The van der Waals surface area contributed by atoms with Gasteiger partial charge in [-0.25, -0.2) is 9.78 Å². The van der Waals surface area contributed by atoms with Crippen molar-refractivity contribution < 1.29 is 18.7 Å². The highest BCUT2D eigenvalue weighted by Crippen LogP contribution is 2.40. The fraction of sp³-hybridized carbons (Fsp3) is 0.600. The van der Waals surface area contributed by atoms with Crippen molar-refractivity contribution in [3.8, 4) is 11.5 Å². The van der Waals surface area contributed by atoms with E-state index < -0.39 is 5.60 Å². The quantitative estimate of drug-likeness (QED) is 0.710. The van der Waals surface area contributed by atoms with E-state index in [0.717, 1.165) is 44.5 Å². The molecule has 32 heavy (non-hydrogen) atoms. The minimum atomic E-state index is -0.463. The van der Waals surface area contributed by atoms with Crippen LogP contribution in [-0.2, 0) is 9.47 Å². The summed E-state index contributed by atoms with van der Waals surface area (Å²) in [6.07, 6.45) is 6.32. The molecular weight excluding hydrogens is 406 g/mol. The van der Waals surface area contributed by atoms with Crippen molar-refractivity contribution in [2.24, 2.45) is 0 Å². The number of carbonyl (C=O) groups excluding carboxylic acids is 1. The second-order valence-corrected chi connectivity index (χ2v) is 10.4. The Morgan fingerprint density at radius 2 is 1.94 bits per heavy atom. The highest BCUT2D eigenvalue weighted by Gasteiger charge is 2.53. The van der Waals surface area contributed by atoms with Gasteiger partial charge < -0.3 is 18.8 Å². The Morgan fingerprint density at radius 3 is 2.62 bits per heavy atom. The Balaban J connectivity index is 1.15. The number of rotatable bonds is 3. The topological polar surface area (TPSA) is 68.0 Å². The van der Waals surface area contributed by atoms with Crippen LogP contribution in [0.25, 0.3) is 11.5 Å². The first kappa shape index (κ1) is 21.5.